The summed E-state index contributed by atoms with van der Waals surface area (Å²) in [5.74, 6) is -0.267. The van der Waals surface area contributed by atoms with Crippen LogP contribution in [0, 0.1) is 0 Å². The summed E-state index contributed by atoms with van der Waals surface area (Å²) in [5, 5.41) is 9.77. The Bertz CT molecular complexity index is 559. The van der Waals surface area contributed by atoms with Gasteiger partial charge in [0.2, 0.25) is 0 Å². The average molecular weight is 226 g/mol. The standard InChI is InChI=1S/C14H10O3/c15-8-11-6-7-12(13(9-16)14(11)17)10-4-2-1-3-5-10/h1-9,17H. The highest BCUT2D eigenvalue weighted by molar-refractivity contribution is 5.95. The molecule has 0 saturated carbocycles. The van der Waals surface area contributed by atoms with Crippen molar-refractivity contribution in [2.75, 3.05) is 0 Å². The second-order valence-corrected chi connectivity index (χ2v) is 3.57. The third-order valence-electron chi connectivity index (χ3n) is 2.58. The molecule has 0 spiro atoms. The Morgan fingerprint density at radius 3 is 2.18 bits per heavy atom. The van der Waals surface area contributed by atoms with E-state index in [9.17, 15) is 14.7 Å². The van der Waals surface area contributed by atoms with E-state index in [1.165, 1.54) is 6.07 Å². The van der Waals surface area contributed by atoms with Crippen LogP contribution >= 0.6 is 0 Å². The maximum Gasteiger partial charge on any atom is 0.154 e. The van der Waals surface area contributed by atoms with Gasteiger partial charge in [-0.2, -0.15) is 0 Å². The van der Waals surface area contributed by atoms with Gasteiger partial charge in [-0.05, 0) is 17.2 Å². The molecule has 0 aliphatic heterocycles. The Balaban J connectivity index is 2.68. The smallest absolute Gasteiger partial charge is 0.154 e. The summed E-state index contributed by atoms with van der Waals surface area (Å²) in [5.41, 5.74) is 1.69. The summed E-state index contributed by atoms with van der Waals surface area (Å²) in [4.78, 5) is 21.7. The van der Waals surface area contributed by atoms with Gasteiger partial charge in [0, 0.05) is 0 Å². The second-order valence-electron chi connectivity index (χ2n) is 3.57. The molecule has 0 unspecified atom stereocenters. The number of phenols is 1. The summed E-state index contributed by atoms with van der Waals surface area (Å²) in [6.45, 7) is 0. The number of rotatable bonds is 3. The third-order valence-corrected chi connectivity index (χ3v) is 2.58. The summed E-state index contributed by atoms with van der Waals surface area (Å²) in [7, 11) is 0. The van der Waals surface area contributed by atoms with E-state index in [0.717, 1.165) is 5.56 Å². The van der Waals surface area contributed by atoms with Crippen LogP contribution in [-0.2, 0) is 0 Å². The minimum absolute atomic E-state index is 0.117. The molecule has 3 nitrogen and oxygen atoms in total. The number of aromatic hydroxyl groups is 1. The molecule has 2 rings (SSSR count). The average Bonchev–Trinajstić information content (AvgIpc) is 2.39. The van der Waals surface area contributed by atoms with E-state index in [-0.39, 0.29) is 16.9 Å². The molecule has 0 saturated heterocycles. The molecule has 84 valence electrons. The summed E-state index contributed by atoms with van der Waals surface area (Å²) in [6, 6.07) is 12.4. The number of phenolic OH excluding ortho intramolecular Hbond substituents is 1. The van der Waals surface area contributed by atoms with Crippen molar-refractivity contribution >= 4 is 12.6 Å². The molecular weight excluding hydrogens is 216 g/mol. The van der Waals surface area contributed by atoms with Crippen LogP contribution in [0.4, 0.5) is 0 Å². The van der Waals surface area contributed by atoms with Crippen molar-refractivity contribution in [2.24, 2.45) is 0 Å². The SMILES string of the molecule is O=Cc1ccc(-c2ccccc2)c(C=O)c1O. The normalized spacial score (nSPS) is 9.88. The van der Waals surface area contributed by atoms with Gasteiger partial charge in [-0.15, -0.1) is 0 Å². The second kappa shape index (κ2) is 4.61. The van der Waals surface area contributed by atoms with E-state index in [1.54, 1.807) is 6.07 Å². The van der Waals surface area contributed by atoms with Crippen LogP contribution in [0.1, 0.15) is 20.7 Å². The van der Waals surface area contributed by atoms with Gasteiger partial charge in [-0.1, -0.05) is 36.4 Å². The Morgan fingerprint density at radius 2 is 1.59 bits per heavy atom. The molecule has 17 heavy (non-hydrogen) atoms. The van der Waals surface area contributed by atoms with Crippen molar-refractivity contribution in [2.45, 2.75) is 0 Å². The van der Waals surface area contributed by atoms with Crippen molar-refractivity contribution in [3.63, 3.8) is 0 Å². The zero-order chi connectivity index (χ0) is 12.3. The molecule has 0 bridgehead atoms. The van der Waals surface area contributed by atoms with Crippen LogP contribution in [0.5, 0.6) is 5.75 Å². The number of aldehydes is 2. The lowest BCUT2D eigenvalue weighted by Crippen LogP contribution is -1.92. The molecule has 0 aliphatic rings. The van der Waals surface area contributed by atoms with Gasteiger partial charge in [-0.3, -0.25) is 9.59 Å². The number of carbonyl (C=O) groups is 2. The minimum Gasteiger partial charge on any atom is -0.506 e. The topological polar surface area (TPSA) is 54.4 Å². The lowest BCUT2D eigenvalue weighted by Gasteiger charge is -2.08. The van der Waals surface area contributed by atoms with E-state index in [0.29, 0.717) is 18.1 Å². The molecule has 0 amide bonds. The molecule has 0 heterocycles. The Morgan fingerprint density at radius 1 is 0.882 bits per heavy atom. The van der Waals surface area contributed by atoms with Gasteiger partial charge in [0.05, 0.1) is 11.1 Å². The van der Waals surface area contributed by atoms with Gasteiger partial charge in [0.25, 0.3) is 0 Å². The predicted octanol–water partition coefficient (Wildman–Crippen LogP) is 2.68. The highest BCUT2D eigenvalue weighted by Gasteiger charge is 2.12. The third kappa shape index (κ3) is 1.95. The maximum absolute atomic E-state index is 11.0. The molecule has 0 aromatic heterocycles. The van der Waals surface area contributed by atoms with Crippen LogP contribution in [0.25, 0.3) is 11.1 Å². The fourth-order valence-electron chi connectivity index (χ4n) is 1.71. The highest BCUT2D eigenvalue weighted by Crippen LogP contribution is 2.30. The predicted molar refractivity (Wildman–Crippen MR) is 64.3 cm³/mol. The first-order valence-electron chi connectivity index (χ1n) is 5.09. The largest absolute Gasteiger partial charge is 0.506 e. The van der Waals surface area contributed by atoms with Gasteiger partial charge in [-0.25, -0.2) is 0 Å². The van der Waals surface area contributed by atoms with Crippen LogP contribution in [-0.4, -0.2) is 17.7 Å². The Kier molecular flexibility index (Phi) is 3.01. The molecule has 3 heteroatoms. The minimum atomic E-state index is -0.267. The highest BCUT2D eigenvalue weighted by atomic mass is 16.3. The van der Waals surface area contributed by atoms with Crippen LogP contribution in [0.2, 0.25) is 0 Å². The van der Waals surface area contributed by atoms with Crippen molar-refractivity contribution < 1.29 is 14.7 Å². The summed E-state index contributed by atoms with van der Waals surface area (Å²) in [6.07, 6.45) is 1.09. The van der Waals surface area contributed by atoms with E-state index in [4.69, 9.17) is 0 Å². The molecular formula is C14H10O3. The molecule has 0 fully saturated rings. The zero-order valence-corrected chi connectivity index (χ0v) is 8.96. The van der Waals surface area contributed by atoms with E-state index < -0.39 is 0 Å². The summed E-state index contributed by atoms with van der Waals surface area (Å²) >= 11 is 0. The molecule has 0 atom stereocenters. The first kappa shape index (κ1) is 11.1. The monoisotopic (exact) mass is 226 g/mol. The Labute approximate surface area is 98.3 Å². The van der Waals surface area contributed by atoms with E-state index in [1.807, 2.05) is 30.3 Å². The number of benzene rings is 2. The number of hydrogen-bond acceptors (Lipinski definition) is 3. The maximum atomic E-state index is 11.0. The fraction of sp³-hybridized carbons (Fsp3) is 0. The van der Waals surface area contributed by atoms with Crippen molar-refractivity contribution in [1.82, 2.24) is 0 Å². The molecule has 2 aromatic carbocycles. The number of hydrogen-bond donors (Lipinski definition) is 1. The Hall–Kier alpha value is -2.42. The molecule has 0 radical (unpaired) electrons. The van der Waals surface area contributed by atoms with Gasteiger partial charge >= 0.3 is 0 Å². The van der Waals surface area contributed by atoms with Gasteiger partial charge in [0.15, 0.2) is 12.6 Å². The van der Waals surface area contributed by atoms with Crippen LogP contribution in [0.15, 0.2) is 42.5 Å². The van der Waals surface area contributed by atoms with Crippen molar-refractivity contribution in [3.05, 3.63) is 53.6 Å². The van der Waals surface area contributed by atoms with E-state index in [2.05, 4.69) is 0 Å². The fourth-order valence-corrected chi connectivity index (χ4v) is 1.71. The van der Waals surface area contributed by atoms with Crippen molar-refractivity contribution in [3.8, 4) is 16.9 Å². The quantitative estimate of drug-likeness (QED) is 0.818. The van der Waals surface area contributed by atoms with Crippen molar-refractivity contribution in [1.29, 1.82) is 0 Å². The molecule has 1 N–H and O–H groups in total. The number of carbonyl (C=O) groups excluding carboxylic acids is 2. The zero-order valence-electron chi connectivity index (χ0n) is 8.96. The van der Waals surface area contributed by atoms with E-state index >= 15 is 0 Å². The lowest BCUT2D eigenvalue weighted by atomic mass is 9.97. The molecule has 0 aliphatic carbocycles. The lowest BCUT2D eigenvalue weighted by molar-refractivity contribution is 0.112. The van der Waals surface area contributed by atoms with Crippen LogP contribution < -0.4 is 0 Å². The van der Waals surface area contributed by atoms with Crippen LogP contribution in [0.3, 0.4) is 0 Å². The van der Waals surface area contributed by atoms with Gasteiger partial charge < -0.3 is 5.11 Å². The molecule has 2 aromatic rings. The summed E-state index contributed by atoms with van der Waals surface area (Å²) < 4.78 is 0. The van der Waals surface area contributed by atoms with Gasteiger partial charge in [0.1, 0.15) is 5.75 Å². The first-order valence-corrected chi connectivity index (χ1v) is 5.09. The first-order chi connectivity index (χ1) is 8.27.